The van der Waals surface area contributed by atoms with Gasteiger partial charge in [-0.3, -0.25) is 9.09 Å². The number of aliphatic hydroxyl groups is 2. The Labute approximate surface area is 182 Å². The monoisotopic (exact) mass is 479 g/mol. The fourth-order valence-electron chi connectivity index (χ4n) is 3.00. The Morgan fingerprint density at radius 2 is 2.10 bits per heavy atom. The molecule has 174 valence electrons. The molecule has 3 rings (SSSR count). The Kier molecular flexibility index (Phi) is 8.24. The van der Waals surface area contributed by atoms with Gasteiger partial charge in [0.25, 0.3) is 0 Å². The summed E-state index contributed by atoms with van der Waals surface area (Å²) in [5, 5.41) is 24.4. The number of ether oxygens (including phenoxy) is 2. The molecule has 0 saturated carbocycles. The van der Waals surface area contributed by atoms with E-state index in [-0.39, 0.29) is 0 Å². The molecule has 0 spiro atoms. The highest BCUT2D eigenvalue weighted by molar-refractivity contribution is 7.99. The van der Waals surface area contributed by atoms with E-state index in [4.69, 9.17) is 19.3 Å². The number of thioether (sulfide) groups is 1. The van der Waals surface area contributed by atoms with E-state index in [1.807, 2.05) is 6.92 Å². The van der Waals surface area contributed by atoms with Crippen LogP contribution in [0.25, 0.3) is 11.2 Å². The molecule has 15 heteroatoms. The number of hydrogen-bond donors (Lipinski definition) is 5. The summed E-state index contributed by atoms with van der Waals surface area (Å²) in [6.07, 6.45) is -2.73. The van der Waals surface area contributed by atoms with Crippen molar-refractivity contribution < 1.29 is 38.6 Å². The lowest BCUT2D eigenvalue weighted by molar-refractivity contribution is -0.0504. The fourth-order valence-corrected chi connectivity index (χ4v) is 4.04. The second-order valence-electron chi connectivity index (χ2n) is 6.78. The topological polar surface area (TPSA) is 181 Å². The molecule has 1 aliphatic heterocycles. The molecule has 13 nitrogen and oxygen atoms in total. The van der Waals surface area contributed by atoms with Crippen LogP contribution in [-0.4, -0.2) is 90.5 Å². The van der Waals surface area contributed by atoms with Gasteiger partial charge in [-0.1, -0.05) is 18.7 Å². The predicted molar refractivity (Wildman–Crippen MR) is 111 cm³/mol. The number of imidazole rings is 1. The molecule has 31 heavy (non-hydrogen) atoms. The Morgan fingerprint density at radius 1 is 1.32 bits per heavy atom. The van der Waals surface area contributed by atoms with Crippen molar-refractivity contribution in [2.24, 2.45) is 0 Å². The van der Waals surface area contributed by atoms with Crippen molar-refractivity contribution in [1.82, 2.24) is 19.5 Å². The maximum absolute atomic E-state index is 11.0. The first-order valence-electron chi connectivity index (χ1n) is 9.57. The van der Waals surface area contributed by atoms with Crippen LogP contribution in [-0.2, 0) is 18.6 Å². The molecule has 4 atom stereocenters. The largest absolute Gasteiger partial charge is 0.469 e. The van der Waals surface area contributed by atoms with Crippen LogP contribution < -0.4 is 5.32 Å². The van der Waals surface area contributed by atoms with E-state index in [1.165, 1.54) is 22.7 Å². The Balaban J connectivity index is 1.90. The number of phosphoric ester groups is 1. The van der Waals surface area contributed by atoms with Crippen LogP contribution in [0, 0.1) is 0 Å². The number of hydrogen-bond acceptors (Lipinski definition) is 11. The number of aliphatic hydroxyl groups excluding tert-OH is 2. The minimum absolute atomic E-state index is 0.376. The lowest BCUT2D eigenvalue weighted by atomic mass is 10.1. The van der Waals surface area contributed by atoms with Crippen molar-refractivity contribution in [2.75, 3.05) is 37.9 Å². The number of fused-ring (bicyclic) bond motifs is 1. The van der Waals surface area contributed by atoms with Gasteiger partial charge in [0.1, 0.15) is 18.3 Å². The molecule has 2 aromatic rings. The minimum Gasteiger partial charge on any atom is -0.387 e. The van der Waals surface area contributed by atoms with Crippen molar-refractivity contribution in [3.63, 3.8) is 0 Å². The SMILES string of the molecule is CCCSc1nc(NCCOC)c2ncn([C@@H]3O[C@H](COP(=O)(O)O)C(O)C3O)c2n1. The van der Waals surface area contributed by atoms with Crippen molar-refractivity contribution >= 4 is 36.6 Å². The molecule has 1 fully saturated rings. The van der Waals surface area contributed by atoms with Gasteiger partial charge in [-0.05, 0) is 6.42 Å². The van der Waals surface area contributed by atoms with Crippen LogP contribution >= 0.6 is 19.6 Å². The van der Waals surface area contributed by atoms with Crippen LogP contribution in [0.1, 0.15) is 19.6 Å². The summed E-state index contributed by atoms with van der Waals surface area (Å²) in [4.78, 5) is 31.1. The first kappa shape index (κ1) is 24.3. The molecule has 1 aliphatic rings. The van der Waals surface area contributed by atoms with E-state index in [0.717, 1.165) is 12.2 Å². The summed E-state index contributed by atoms with van der Waals surface area (Å²) in [7, 11) is -3.17. The standard InChI is InChI=1S/C16H26N5O8PS/c1-3-6-31-16-19-13(17-4-5-27-2)10-14(20-16)21(8-18-10)15-12(23)11(22)9(29-15)7-28-30(24,25)26/h8-9,11-12,15,22-23H,3-7H2,1-2H3,(H,17,19,20)(H2,24,25,26)/t9-,11?,12?,15-/m1/s1. The molecular weight excluding hydrogens is 453 g/mol. The first-order valence-corrected chi connectivity index (χ1v) is 12.1. The third kappa shape index (κ3) is 5.92. The van der Waals surface area contributed by atoms with Crippen molar-refractivity contribution in [3.05, 3.63) is 6.33 Å². The lowest BCUT2D eigenvalue weighted by Gasteiger charge is -2.17. The molecule has 0 aliphatic carbocycles. The molecule has 3 heterocycles. The van der Waals surface area contributed by atoms with Crippen LogP contribution in [0.3, 0.4) is 0 Å². The summed E-state index contributed by atoms with van der Waals surface area (Å²) < 4.78 is 27.5. The third-order valence-electron chi connectivity index (χ3n) is 4.45. The molecule has 1 saturated heterocycles. The molecule has 5 N–H and O–H groups in total. The van der Waals surface area contributed by atoms with Crippen molar-refractivity contribution in [3.8, 4) is 0 Å². The zero-order valence-corrected chi connectivity index (χ0v) is 18.7. The lowest BCUT2D eigenvalue weighted by Crippen LogP contribution is -2.33. The van der Waals surface area contributed by atoms with Crippen molar-refractivity contribution in [1.29, 1.82) is 0 Å². The molecule has 0 amide bonds. The third-order valence-corrected chi connectivity index (χ3v) is 5.99. The summed E-state index contributed by atoms with van der Waals surface area (Å²) in [5.74, 6) is 1.30. The number of anilines is 1. The van der Waals surface area contributed by atoms with Gasteiger partial charge in [-0.2, -0.15) is 0 Å². The molecular formula is C16H26N5O8PS. The van der Waals surface area contributed by atoms with Gasteiger partial charge in [0.2, 0.25) is 0 Å². The van der Waals surface area contributed by atoms with Gasteiger partial charge in [0, 0.05) is 19.4 Å². The summed E-state index contributed by atoms with van der Waals surface area (Å²) in [5.41, 5.74) is 0.818. The average molecular weight is 479 g/mol. The molecule has 0 bridgehead atoms. The number of methoxy groups -OCH3 is 1. The quantitative estimate of drug-likeness (QED) is 0.127. The molecule has 0 radical (unpaired) electrons. The van der Waals surface area contributed by atoms with Gasteiger partial charge >= 0.3 is 7.82 Å². The Morgan fingerprint density at radius 3 is 2.77 bits per heavy atom. The molecule has 2 unspecified atom stereocenters. The highest BCUT2D eigenvalue weighted by Gasteiger charge is 2.45. The Bertz CT molecular complexity index is 927. The normalized spacial score (nSPS) is 24.2. The van der Waals surface area contributed by atoms with Gasteiger partial charge in [-0.25, -0.2) is 19.5 Å². The number of aromatic nitrogens is 4. The highest BCUT2D eigenvalue weighted by Crippen LogP contribution is 2.39. The van der Waals surface area contributed by atoms with Gasteiger partial charge in [-0.15, -0.1) is 0 Å². The first-order chi connectivity index (χ1) is 14.7. The van der Waals surface area contributed by atoms with Crippen LogP contribution in [0.2, 0.25) is 0 Å². The molecule has 2 aromatic heterocycles. The van der Waals surface area contributed by atoms with E-state index < -0.39 is 39.0 Å². The summed E-state index contributed by atoms with van der Waals surface area (Å²) >= 11 is 1.46. The zero-order valence-electron chi connectivity index (χ0n) is 17.0. The van der Waals surface area contributed by atoms with E-state index in [9.17, 15) is 14.8 Å². The maximum Gasteiger partial charge on any atom is 0.469 e. The minimum atomic E-state index is -4.75. The van der Waals surface area contributed by atoms with Crippen LogP contribution in [0.5, 0.6) is 0 Å². The van der Waals surface area contributed by atoms with Crippen LogP contribution in [0.15, 0.2) is 11.5 Å². The van der Waals surface area contributed by atoms with Gasteiger partial charge in [0.15, 0.2) is 28.4 Å². The number of phosphoric acid groups is 1. The number of nitrogens with zero attached hydrogens (tertiary/aromatic N) is 4. The Hall–Kier alpha value is -1.35. The average Bonchev–Trinajstić information content (AvgIpc) is 3.26. The van der Waals surface area contributed by atoms with Gasteiger partial charge in [0.05, 0.1) is 19.5 Å². The van der Waals surface area contributed by atoms with E-state index in [2.05, 4.69) is 24.8 Å². The van der Waals surface area contributed by atoms with Crippen molar-refractivity contribution in [2.45, 2.75) is 43.0 Å². The van der Waals surface area contributed by atoms with E-state index in [0.29, 0.717) is 35.3 Å². The predicted octanol–water partition coefficient (Wildman–Crippen LogP) is 0.115. The van der Waals surface area contributed by atoms with E-state index in [1.54, 1.807) is 7.11 Å². The summed E-state index contributed by atoms with van der Waals surface area (Å²) in [6.45, 7) is 2.40. The second-order valence-corrected chi connectivity index (χ2v) is 9.08. The zero-order chi connectivity index (χ0) is 22.6. The number of nitrogens with one attached hydrogen (secondary N) is 1. The highest BCUT2D eigenvalue weighted by atomic mass is 32.2. The van der Waals surface area contributed by atoms with Gasteiger partial charge < -0.3 is 34.8 Å². The summed E-state index contributed by atoms with van der Waals surface area (Å²) in [6, 6.07) is 0. The fraction of sp³-hybridized carbons (Fsp3) is 0.688. The second kappa shape index (κ2) is 10.5. The number of rotatable bonds is 11. The smallest absolute Gasteiger partial charge is 0.387 e. The molecule has 0 aromatic carbocycles. The van der Waals surface area contributed by atoms with E-state index >= 15 is 0 Å². The van der Waals surface area contributed by atoms with Crippen LogP contribution in [0.4, 0.5) is 5.82 Å². The maximum atomic E-state index is 11.0.